The van der Waals surface area contributed by atoms with Crippen molar-refractivity contribution < 1.29 is 22.4 Å². The van der Waals surface area contributed by atoms with Crippen molar-refractivity contribution in [3.8, 4) is 0 Å². The summed E-state index contributed by atoms with van der Waals surface area (Å²) in [6, 6.07) is 9.57. The van der Waals surface area contributed by atoms with E-state index in [9.17, 15) is 22.4 Å². The second-order valence-corrected chi connectivity index (χ2v) is 10.8. The molecule has 1 amide bonds. The number of nitrogens with zero attached hydrogens (tertiary/aromatic N) is 1. The fourth-order valence-corrected chi connectivity index (χ4v) is 5.02. The van der Waals surface area contributed by atoms with Crippen molar-refractivity contribution in [3.63, 3.8) is 0 Å². The van der Waals surface area contributed by atoms with Crippen LogP contribution in [0.4, 0.5) is 4.39 Å². The van der Waals surface area contributed by atoms with Crippen LogP contribution in [0.15, 0.2) is 59.5 Å². The molecule has 1 aliphatic carbocycles. The largest absolute Gasteiger partial charge is 0.331 e. The van der Waals surface area contributed by atoms with Crippen LogP contribution < -0.4 is 4.72 Å². The Hall–Kier alpha value is -2.88. The minimum absolute atomic E-state index is 0.0634. The number of ketones is 1. The number of sulfonamides is 1. The van der Waals surface area contributed by atoms with Crippen LogP contribution in [0, 0.1) is 5.82 Å². The summed E-state index contributed by atoms with van der Waals surface area (Å²) in [5.41, 5.74) is 1.27. The lowest BCUT2D eigenvalue weighted by Gasteiger charge is -2.15. The van der Waals surface area contributed by atoms with Crippen LogP contribution in [0.5, 0.6) is 0 Å². The summed E-state index contributed by atoms with van der Waals surface area (Å²) in [5, 5.41) is 0.860. The predicted octanol–water partition coefficient (Wildman–Crippen LogP) is 4.81. The van der Waals surface area contributed by atoms with Crippen molar-refractivity contribution in [1.29, 1.82) is 0 Å². The summed E-state index contributed by atoms with van der Waals surface area (Å²) in [6.07, 6.45) is 7.84. The zero-order valence-electron chi connectivity index (χ0n) is 18.3. The fourth-order valence-electron chi connectivity index (χ4n) is 3.95. The van der Waals surface area contributed by atoms with Crippen molar-refractivity contribution in [2.45, 2.75) is 17.9 Å². The second kappa shape index (κ2) is 9.40. The zero-order valence-corrected chi connectivity index (χ0v) is 20.7. The van der Waals surface area contributed by atoms with Gasteiger partial charge in [0.15, 0.2) is 5.78 Å². The van der Waals surface area contributed by atoms with E-state index in [0.29, 0.717) is 21.5 Å². The van der Waals surface area contributed by atoms with Gasteiger partial charge in [-0.2, -0.15) is 0 Å². The van der Waals surface area contributed by atoms with Crippen LogP contribution in [-0.4, -0.2) is 37.2 Å². The van der Waals surface area contributed by atoms with Gasteiger partial charge in [0.25, 0.3) is 5.91 Å². The number of Topliss-reactive ketones (excluding diaryl/α,β-unsaturated/α-hetero) is 1. The molecular weight excluding hydrogens is 499 g/mol. The normalized spacial score (nSPS) is 13.9. The van der Waals surface area contributed by atoms with E-state index < -0.39 is 21.7 Å². The third-order valence-electron chi connectivity index (χ3n) is 5.37. The van der Waals surface area contributed by atoms with Gasteiger partial charge in [-0.3, -0.25) is 9.59 Å². The maximum absolute atomic E-state index is 14.8. The number of benzene rings is 2. The SMILES string of the molecule is CSc1ccc(F)c(Cn2c(C(=O)NS(C)(=O)=O)c(C3=CC=CCC3=O)c3cc(Cl)ccc32)c1. The van der Waals surface area contributed by atoms with Crippen LogP contribution in [0.25, 0.3) is 16.5 Å². The number of fused-ring (bicyclic) bond motifs is 1. The number of carbonyl (C=O) groups is 2. The number of aromatic nitrogens is 1. The third kappa shape index (κ3) is 4.82. The highest BCUT2D eigenvalue weighted by atomic mass is 35.5. The molecule has 1 aliphatic rings. The first-order chi connectivity index (χ1) is 16.1. The maximum Gasteiger partial charge on any atom is 0.282 e. The standard InChI is InChI=1S/C24H20ClFN2O4S2/c1-33-16-8-9-19(26)14(11-16)13-28-20-10-7-15(25)12-18(20)22(17-5-3-4-6-21(17)29)23(28)24(30)27-34(2,31)32/h3-5,7-12H,6,13H2,1-2H3,(H,27,30). The summed E-state index contributed by atoms with van der Waals surface area (Å²) in [5.74, 6) is -1.62. The molecule has 1 N–H and O–H groups in total. The molecule has 0 aliphatic heterocycles. The van der Waals surface area contributed by atoms with Gasteiger partial charge in [-0.05, 0) is 42.7 Å². The topological polar surface area (TPSA) is 85.2 Å². The lowest BCUT2D eigenvalue weighted by atomic mass is 9.93. The second-order valence-electron chi connectivity index (χ2n) is 7.77. The number of allylic oxidation sites excluding steroid dienone is 4. The van der Waals surface area contributed by atoms with E-state index in [-0.39, 0.29) is 35.6 Å². The van der Waals surface area contributed by atoms with Crippen molar-refractivity contribution in [2.24, 2.45) is 0 Å². The van der Waals surface area contributed by atoms with Crippen molar-refractivity contribution in [1.82, 2.24) is 9.29 Å². The average Bonchev–Trinajstić information content (AvgIpc) is 3.07. The number of rotatable bonds is 6. The van der Waals surface area contributed by atoms with Gasteiger partial charge >= 0.3 is 0 Å². The predicted molar refractivity (Wildman–Crippen MR) is 133 cm³/mol. The average molecular weight is 519 g/mol. The van der Waals surface area contributed by atoms with Crippen LogP contribution in [0.3, 0.4) is 0 Å². The van der Waals surface area contributed by atoms with Crippen LogP contribution in [-0.2, 0) is 21.4 Å². The molecule has 0 radical (unpaired) electrons. The molecule has 34 heavy (non-hydrogen) atoms. The molecule has 0 unspecified atom stereocenters. The quantitative estimate of drug-likeness (QED) is 0.473. The Bertz CT molecular complexity index is 1510. The summed E-state index contributed by atoms with van der Waals surface area (Å²) in [7, 11) is -3.92. The lowest BCUT2D eigenvalue weighted by molar-refractivity contribution is -0.113. The number of thioether (sulfide) groups is 1. The molecule has 0 saturated carbocycles. The van der Waals surface area contributed by atoms with E-state index in [0.717, 1.165) is 11.2 Å². The number of hydrogen-bond donors (Lipinski definition) is 1. The Morgan fingerprint density at radius 1 is 1.24 bits per heavy atom. The number of carbonyl (C=O) groups excluding carboxylic acids is 2. The van der Waals surface area contributed by atoms with Gasteiger partial charge in [0, 0.05) is 43.9 Å². The molecule has 2 aromatic carbocycles. The highest BCUT2D eigenvalue weighted by Gasteiger charge is 2.30. The van der Waals surface area contributed by atoms with Gasteiger partial charge in [-0.25, -0.2) is 17.5 Å². The Balaban J connectivity index is 2.05. The maximum atomic E-state index is 14.8. The Labute approximate surface area is 205 Å². The molecule has 0 fully saturated rings. The number of amides is 1. The number of nitrogens with one attached hydrogen (secondary N) is 1. The summed E-state index contributed by atoms with van der Waals surface area (Å²) in [6.45, 7) is -0.0673. The molecule has 3 aromatic rings. The monoisotopic (exact) mass is 518 g/mol. The van der Waals surface area contributed by atoms with E-state index >= 15 is 0 Å². The number of hydrogen-bond acceptors (Lipinski definition) is 5. The lowest BCUT2D eigenvalue weighted by Crippen LogP contribution is -2.32. The summed E-state index contributed by atoms with van der Waals surface area (Å²) in [4.78, 5) is 26.9. The summed E-state index contributed by atoms with van der Waals surface area (Å²) < 4.78 is 42.1. The van der Waals surface area contributed by atoms with Gasteiger partial charge in [-0.1, -0.05) is 29.8 Å². The minimum atomic E-state index is -3.92. The smallest absolute Gasteiger partial charge is 0.282 e. The van der Waals surface area contributed by atoms with Crippen LogP contribution in [0.2, 0.25) is 5.02 Å². The highest BCUT2D eigenvalue weighted by molar-refractivity contribution is 7.98. The van der Waals surface area contributed by atoms with E-state index in [1.807, 2.05) is 11.0 Å². The number of halogens is 2. The Kier molecular flexibility index (Phi) is 6.71. The van der Waals surface area contributed by atoms with E-state index in [2.05, 4.69) is 0 Å². The fraction of sp³-hybridized carbons (Fsp3) is 0.167. The molecule has 4 rings (SSSR count). The first kappa shape index (κ1) is 24.3. The van der Waals surface area contributed by atoms with Crippen LogP contribution >= 0.6 is 23.4 Å². The van der Waals surface area contributed by atoms with Crippen molar-refractivity contribution in [2.75, 3.05) is 12.5 Å². The van der Waals surface area contributed by atoms with Crippen molar-refractivity contribution >= 4 is 61.6 Å². The zero-order chi connectivity index (χ0) is 24.6. The third-order valence-corrected chi connectivity index (χ3v) is 6.89. The van der Waals surface area contributed by atoms with Crippen LogP contribution in [0.1, 0.15) is 28.0 Å². The molecule has 10 heteroatoms. The van der Waals surface area contributed by atoms with Crippen molar-refractivity contribution in [3.05, 3.63) is 82.3 Å². The van der Waals surface area contributed by atoms with Gasteiger partial charge in [-0.15, -0.1) is 11.8 Å². The van der Waals surface area contributed by atoms with Gasteiger partial charge in [0.05, 0.1) is 12.8 Å². The van der Waals surface area contributed by atoms with Gasteiger partial charge in [0.2, 0.25) is 10.0 Å². The molecule has 1 heterocycles. The molecule has 6 nitrogen and oxygen atoms in total. The van der Waals surface area contributed by atoms with E-state index in [4.69, 9.17) is 11.6 Å². The van der Waals surface area contributed by atoms with E-state index in [1.165, 1.54) is 22.4 Å². The Morgan fingerprint density at radius 2 is 2.00 bits per heavy atom. The first-order valence-corrected chi connectivity index (χ1v) is 13.6. The van der Waals surface area contributed by atoms with Gasteiger partial charge in [0.1, 0.15) is 11.5 Å². The molecule has 0 atom stereocenters. The molecule has 0 spiro atoms. The molecule has 0 bridgehead atoms. The molecular formula is C24H20ClFN2O4S2. The first-order valence-electron chi connectivity index (χ1n) is 10.2. The molecule has 176 valence electrons. The molecule has 1 aromatic heterocycles. The molecule has 0 saturated heterocycles. The summed E-state index contributed by atoms with van der Waals surface area (Å²) >= 11 is 7.69. The van der Waals surface area contributed by atoms with E-state index in [1.54, 1.807) is 48.6 Å². The minimum Gasteiger partial charge on any atom is -0.331 e. The Morgan fingerprint density at radius 3 is 2.68 bits per heavy atom. The highest BCUT2D eigenvalue weighted by Crippen LogP contribution is 2.36. The van der Waals surface area contributed by atoms with Gasteiger partial charge < -0.3 is 4.57 Å².